The number of hydrogen-bond donors (Lipinski definition) is 1. The molecule has 0 amide bonds. The molecule has 0 aliphatic heterocycles. The lowest BCUT2D eigenvalue weighted by atomic mass is 10.2. The molecule has 0 spiro atoms. The third kappa shape index (κ3) is 3.89. The Kier molecular flexibility index (Phi) is 4.67. The van der Waals surface area contributed by atoms with Gasteiger partial charge in [-0.2, -0.15) is 5.26 Å². The van der Waals surface area contributed by atoms with Crippen molar-refractivity contribution in [2.24, 2.45) is 0 Å². The Morgan fingerprint density at radius 3 is 2.48 bits per heavy atom. The molecule has 1 N–H and O–H groups in total. The fourth-order valence-electron chi connectivity index (χ4n) is 1.65. The van der Waals surface area contributed by atoms with E-state index in [1.165, 1.54) is 18.2 Å². The molecule has 3 nitrogen and oxygen atoms in total. The molecule has 0 heterocycles. The summed E-state index contributed by atoms with van der Waals surface area (Å²) in [5, 5.41) is 11.4. The number of ether oxygens (including phenoxy) is 1. The van der Waals surface area contributed by atoms with Crippen LogP contribution in [0.4, 0.5) is 18.9 Å². The third-order valence-corrected chi connectivity index (χ3v) is 2.68. The molecular formula is C15H11F3N2O. The fourth-order valence-corrected chi connectivity index (χ4v) is 1.65. The lowest BCUT2D eigenvalue weighted by molar-refractivity contribution is 0.329. The first-order valence-corrected chi connectivity index (χ1v) is 6.11. The molecule has 0 fully saturated rings. The predicted molar refractivity (Wildman–Crippen MR) is 71.5 cm³/mol. The topological polar surface area (TPSA) is 45.0 Å². The maximum atomic E-state index is 13.5. The maximum absolute atomic E-state index is 13.5. The van der Waals surface area contributed by atoms with Gasteiger partial charge in [-0.3, -0.25) is 0 Å². The number of nitrogens with zero attached hydrogens (tertiary/aromatic N) is 1. The Hall–Kier alpha value is -2.68. The monoisotopic (exact) mass is 292 g/mol. The van der Waals surface area contributed by atoms with Crippen LogP contribution in [-0.4, -0.2) is 13.2 Å². The van der Waals surface area contributed by atoms with Gasteiger partial charge < -0.3 is 10.1 Å². The summed E-state index contributed by atoms with van der Waals surface area (Å²) in [6.45, 7) is 0.409. The number of benzene rings is 2. The van der Waals surface area contributed by atoms with Crippen LogP contribution in [0.5, 0.6) is 5.75 Å². The number of hydrogen-bond acceptors (Lipinski definition) is 3. The average Bonchev–Trinajstić information content (AvgIpc) is 2.48. The molecule has 21 heavy (non-hydrogen) atoms. The van der Waals surface area contributed by atoms with Crippen LogP contribution in [0.1, 0.15) is 5.56 Å². The predicted octanol–water partition coefficient (Wildman–Crippen LogP) is 3.47. The first kappa shape index (κ1) is 14.7. The van der Waals surface area contributed by atoms with Gasteiger partial charge in [0.25, 0.3) is 0 Å². The summed E-state index contributed by atoms with van der Waals surface area (Å²) in [6.07, 6.45) is 0. The first-order valence-electron chi connectivity index (χ1n) is 6.11. The van der Waals surface area contributed by atoms with Crippen LogP contribution in [-0.2, 0) is 0 Å². The zero-order valence-corrected chi connectivity index (χ0v) is 10.9. The van der Waals surface area contributed by atoms with Crippen molar-refractivity contribution in [3.63, 3.8) is 0 Å². The minimum Gasteiger partial charge on any atom is -0.492 e. The quantitative estimate of drug-likeness (QED) is 0.858. The second-order valence-electron chi connectivity index (χ2n) is 4.16. The van der Waals surface area contributed by atoms with Gasteiger partial charge in [0.1, 0.15) is 18.2 Å². The van der Waals surface area contributed by atoms with E-state index in [-0.39, 0.29) is 30.2 Å². The molecule has 0 saturated heterocycles. The maximum Gasteiger partial charge on any atom is 0.162 e. The molecule has 0 aromatic heterocycles. The van der Waals surface area contributed by atoms with E-state index in [1.807, 2.05) is 6.07 Å². The highest BCUT2D eigenvalue weighted by Crippen LogP contribution is 2.16. The van der Waals surface area contributed by atoms with Gasteiger partial charge >= 0.3 is 0 Å². The van der Waals surface area contributed by atoms with Crippen molar-refractivity contribution in [2.75, 3.05) is 18.5 Å². The van der Waals surface area contributed by atoms with Crippen LogP contribution in [0.2, 0.25) is 0 Å². The van der Waals surface area contributed by atoms with E-state index in [0.717, 1.165) is 18.2 Å². The smallest absolute Gasteiger partial charge is 0.162 e. The second kappa shape index (κ2) is 6.66. The minimum atomic E-state index is -0.987. The number of rotatable bonds is 5. The van der Waals surface area contributed by atoms with Crippen LogP contribution < -0.4 is 10.1 Å². The third-order valence-electron chi connectivity index (χ3n) is 2.68. The van der Waals surface area contributed by atoms with E-state index in [0.29, 0.717) is 0 Å². The van der Waals surface area contributed by atoms with E-state index >= 15 is 0 Å². The zero-order chi connectivity index (χ0) is 15.2. The molecule has 6 heteroatoms. The van der Waals surface area contributed by atoms with Gasteiger partial charge in [0, 0.05) is 12.6 Å². The largest absolute Gasteiger partial charge is 0.492 e. The highest BCUT2D eigenvalue weighted by atomic mass is 19.2. The molecule has 0 atom stereocenters. The van der Waals surface area contributed by atoms with Crippen LogP contribution in [0.25, 0.3) is 0 Å². The Labute approximate surface area is 119 Å². The second-order valence-corrected chi connectivity index (χ2v) is 4.16. The van der Waals surface area contributed by atoms with Crippen molar-refractivity contribution in [2.45, 2.75) is 0 Å². The van der Waals surface area contributed by atoms with E-state index in [1.54, 1.807) is 0 Å². The molecule has 108 valence electrons. The van der Waals surface area contributed by atoms with E-state index in [2.05, 4.69) is 5.32 Å². The molecule has 0 aliphatic rings. The Bertz CT molecular complexity index is 683. The fraction of sp³-hybridized carbons (Fsp3) is 0.133. The summed E-state index contributed by atoms with van der Waals surface area (Å²) in [5.41, 5.74) is 0.471. The van der Waals surface area contributed by atoms with Crippen molar-refractivity contribution < 1.29 is 17.9 Å². The number of halogens is 3. The summed E-state index contributed by atoms with van der Waals surface area (Å²) in [6, 6.07) is 9.12. The molecule has 0 radical (unpaired) electrons. The molecule has 0 bridgehead atoms. The van der Waals surface area contributed by atoms with Crippen LogP contribution in [0.3, 0.4) is 0 Å². The SMILES string of the molecule is N#Cc1ccc(NCCOc2ccc(F)c(F)c2)c(F)c1. The zero-order valence-electron chi connectivity index (χ0n) is 10.9. The molecular weight excluding hydrogens is 281 g/mol. The molecule has 2 rings (SSSR count). The number of anilines is 1. The number of nitriles is 1. The normalized spacial score (nSPS) is 10.0. The van der Waals surface area contributed by atoms with Gasteiger partial charge in [0.2, 0.25) is 0 Å². The molecule has 2 aromatic rings. The van der Waals surface area contributed by atoms with E-state index in [4.69, 9.17) is 10.00 Å². The highest BCUT2D eigenvalue weighted by molar-refractivity contribution is 5.48. The lowest BCUT2D eigenvalue weighted by Crippen LogP contribution is -2.12. The van der Waals surface area contributed by atoms with Gasteiger partial charge in [0.05, 0.1) is 17.3 Å². The van der Waals surface area contributed by atoms with Crippen LogP contribution in [0, 0.1) is 28.8 Å². The Morgan fingerprint density at radius 2 is 1.81 bits per heavy atom. The van der Waals surface area contributed by atoms with Gasteiger partial charge in [-0.1, -0.05) is 0 Å². The van der Waals surface area contributed by atoms with E-state index < -0.39 is 17.5 Å². The van der Waals surface area contributed by atoms with Gasteiger partial charge in [0.15, 0.2) is 11.6 Å². The van der Waals surface area contributed by atoms with Crippen molar-refractivity contribution in [1.29, 1.82) is 5.26 Å². The first-order chi connectivity index (χ1) is 10.1. The molecule has 0 unspecified atom stereocenters. The number of nitrogens with one attached hydrogen (secondary N) is 1. The Morgan fingerprint density at radius 1 is 1.00 bits per heavy atom. The van der Waals surface area contributed by atoms with Crippen LogP contribution in [0.15, 0.2) is 36.4 Å². The van der Waals surface area contributed by atoms with Gasteiger partial charge in [-0.25, -0.2) is 13.2 Å². The van der Waals surface area contributed by atoms with Crippen LogP contribution >= 0.6 is 0 Å². The Balaban J connectivity index is 1.84. The van der Waals surface area contributed by atoms with Gasteiger partial charge in [-0.05, 0) is 30.3 Å². The molecule has 0 saturated carbocycles. The van der Waals surface area contributed by atoms with E-state index in [9.17, 15) is 13.2 Å². The summed E-state index contributed by atoms with van der Waals surface area (Å²) in [7, 11) is 0. The summed E-state index contributed by atoms with van der Waals surface area (Å²) >= 11 is 0. The lowest BCUT2D eigenvalue weighted by Gasteiger charge is -2.09. The van der Waals surface area contributed by atoms with Gasteiger partial charge in [-0.15, -0.1) is 0 Å². The van der Waals surface area contributed by atoms with Crippen molar-refractivity contribution in [3.05, 3.63) is 59.4 Å². The van der Waals surface area contributed by atoms with Crippen molar-refractivity contribution in [3.8, 4) is 11.8 Å². The average molecular weight is 292 g/mol. The standard InChI is InChI=1S/C15H11F3N2O/c16-12-3-2-11(8-13(12)17)21-6-5-20-15-4-1-10(9-19)7-14(15)18/h1-4,7-8,20H,5-6H2. The summed E-state index contributed by atoms with van der Waals surface area (Å²) in [4.78, 5) is 0. The summed E-state index contributed by atoms with van der Waals surface area (Å²) < 4.78 is 44.4. The minimum absolute atomic E-state index is 0.143. The highest BCUT2D eigenvalue weighted by Gasteiger charge is 2.04. The van der Waals surface area contributed by atoms with Crippen molar-refractivity contribution in [1.82, 2.24) is 0 Å². The molecule has 2 aromatic carbocycles. The van der Waals surface area contributed by atoms with Crippen molar-refractivity contribution >= 4 is 5.69 Å². The molecule has 0 aliphatic carbocycles. The summed E-state index contributed by atoms with van der Waals surface area (Å²) in [5.74, 6) is -2.28.